The minimum atomic E-state index is 0.541. The molecule has 0 saturated carbocycles. The Bertz CT molecular complexity index is 420. The fourth-order valence-electron chi connectivity index (χ4n) is 2.47. The molecule has 20 heavy (non-hydrogen) atoms. The summed E-state index contributed by atoms with van der Waals surface area (Å²) in [5.74, 6) is 2.28. The van der Waals surface area contributed by atoms with Crippen LogP contribution >= 0.6 is 11.8 Å². The molecule has 0 amide bonds. The van der Waals surface area contributed by atoms with Crippen molar-refractivity contribution in [3.8, 4) is 0 Å². The van der Waals surface area contributed by atoms with Crippen LogP contribution in [0, 0.1) is 13.8 Å². The Morgan fingerprint density at radius 2 is 2.05 bits per heavy atom. The van der Waals surface area contributed by atoms with Gasteiger partial charge in [-0.2, -0.15) is 11.8 Å². The third-order valence-electron chi connectivity index (χ3n) is 3.72. The number of nitrogens with one attached hydrogen (secondary N) is 1. The van der Waals surface area contributed by atoms with Gasteiger partial charge in [-0.25, -0.2) is 4.98 Å². The van der Waals surface area contributed by atoms with Crippen molar-refractivity contribution in [1.29, 1.82) is 0 Å². The molecule has 1 atom stereocenters. The van der Waals surface area contributed by atoms with Crippen molar-refractivity contribution in [3.63, 3.8) is 0 Å². The van der Waals surface area contributed by atoms with Crippen molar-refractivity contribution < 1.29 is 0 Å². The third-order valence-corrected chi connectivity index (χ3v) is 4.44. The zero-order chi connectivity index (χ0) is 15.1. The molecule has 0 aliphatic carbocycles. The summed E-state index contributed by atoms with van der Waals surface area (Å²) < 4.78 is 0. The van der Waals surface area contributed by atoms with Crippen LogP contribution in [-0.2, 0) is 6.54 Å². The minimum Gasteiger partial charge on any atom is -0.356 e. The van der Waals surface area contributed by atoms with Crippen LogP contribution in [0.15, 0.2) is 6.07 Å². The van der Waals surface area contributed by atoms with Gasteiger partial charge in [0.1, 0.15) is 5.82 Å². The van der Waals surface area contributed by atoms with Gasteiger partial charge in [0.2, 0.25) is 0 Å². The van der Waals surface area contributed by atoms with Gasteiger partial charge in [0.05, 0.1) is 0 Å². The largest absolute Gasteiger partial charge is 0.356 e. The van der Waals surface area contributed by atoms with Crippen LogP contribution in [0.1, 0.15) is 37.1 Å². The Hall–Kier alpha value is -0.740. The summed E-state index contributed by atoms with van der Waals surface area (Å²) >= 11 is 1.90. The molecule has 1 aromatic rings. The molecule has 0 fully saturated rings. The number of thioether (sulfide) groups is 1. The highest BCUT2D eigenvalue weighted by atomic mass is 32.2. The fourth-order valence-corrected chi connectivity index (χ4v) is 3.32. The van der Waals surface area contributed by atoms with E-state index in [1.807, 2.05) is 11.8 Å². The number of aromatic nitrogens is 1. The average Bonchev–Trinajstić information content (AvgIpc) is 2.42. The predicted molar refractivity (Wildman–Crippen MR) is 92.0 cm³/mol. The summed E-state index contributed by atoms with van der Waals surface area (Å²) in [6, 6.07) is 2.72. The van der Waals surface area contributed by atoms with Crippen LogP contribution in [-0.4, -0.2) is 36.6 Å². The SMILES string of the molecule is CCNCc1c(C)cc(C)nc1N(C)C(CC)CSC. The van der Waals surface area contributed by atoms with Gasteiger partial charge >= 0.3 is 0 Å². The molecular weight excluding hydrogens is 266 g/mol. The Labute approximate surface area is 128 Å². The molecule has 0 aliphatic heterocycles. The predicted octanol–water partition coefficient (Wildman–Crippen LogP) is 3.39. The number of hydrogen-bond acceptors (Lipinski definition) is 4. The second kappa shape index (κ2) is 8.53. The van der Waals surface area contributed by atoms with Gasteiger partial charge < -0.3 is 10.2 Å². The summed E-state index contributed by atoms with van der Waals surface area (Å²) in [4.78, 5) is 7.18. The van der Waals surface area contributed by atoms with E-state index in [1.165, 1.54) is 11.1 Å². The quantitative estimate of drug-likeness (QED) is 0.796. The lowest BCUT2D eigenvalue weighted by Gasteiger charge is -2.30. The monoisotopic (exact) mass is 295 g/mol. The molecule has 1 heterocycles. The lowest BCUT2D eigenvalue weighted by Crippen LogP contribution is -2.35. The molecule has 1 N–H and O–H groups in total. The fraction of sp³-hybridized carbons (Fsp3) is 0.688. The van der Waals surface area contributed by atoms with E-state index in [2.05, 4.69) is 57.3 Å². The van der Waals surface area contributed by atoms with Crippen molar-refractivity contribution >= 4 is 17.6 Å². The van der Waals surface area contributed by atoms with E-state index in [0.29, 0.717) is 6.04 Å². The standard InChI is InChI=1S/C16H29N3S/c1-7-14(11-20-6)19(5)16-15(10-17-8-2)12(3)9-13(4)18-16/h9,14,17H,7-8,10-11H2,1-6H3. The maximum Gasteiger partial charge on any atom is 0.133 e. The molecule has 1 unspecified atom stereocenters. The first-order chi connectivity index (χ1) is 9.54. The van der Waals surface area contributed by atoms with Crippen LogP contribution < -0.4 is 10.2 Å². The normalized spacial score (nSPS) is 12.5. The molecule has 1 rings (SSSR count). The molecule has 114 valence electrons. The molecule has 3 nitrogen and oxygen atoms in total. The smallest absolute Gasteiger partial charge is 0.133 e. The Balaban J connectivity index is 3.12. The minimum absolute atomic E-state index is 0.541. The first-order valence-electron chi connectivity index (χ1n) is 7.44. The number of pyridine rings is 1. The number of hydrogen-bond donors (Lipinski definition) is 1. The number of nitrogens with zero attached hydrogens (tertiary/aromatic N) is 2. The molecule has 4 heteroatoms. The number of aryl methyl sites for hydroxylation is 2. The van der Waals surface area contributed by atoms with Crippen LogP contribution in [0.3, 0.4) is 0 Å². The summed E-state index contributed by atoms with van der Waals surface area (Å²) in [6.45, 7) is 10.5. The van der Waals surface area contributed by atoms with Crippen molar-refractivity contribution in [2.75, 3.05) is 30.5 Å². The van der Waals surface area contributed by atoms with Gasteiger partial charge in [-0.05, 0) is 44.7 Å². The van der Waals surface area contributed by atoms with Crippen molar-refractivity contribution in [3.05, 3.63) is 22.9 Å². The van der Waals surface area contributed by atoms with Gasteiger partial charge in [0.25, 0.3) is 0 Å². The van der Waals surface area contributed by atoms with E-state index < -0.39 is 0 Å². The molecule has 0 radical (unpaired) electrons. The molecule has 0 saturated heterocycles. The van der Waals surface area contributed by atoms with Gasteiger partial charge in [-0.3, -0.25) is 0 Å². The first-order valence-corrected chi connectivity index (χ1v) is 8.84. The maximum absolute atomic E-state index is 4.81. The average molecular weight is 295 g/mol. The van der Waals surface area contributed by atoms with E-state index in [0.717, 1.165) is 36.8 Å². The van der Waals surface area contributed by atoms with Crippen LogP contribution in [0.25, 0.3) is 0 Å². The number of rotatable bonds is 8. The number of anilines is 1. The summed E-state index contributed by atoms with van der Waals surface area (Å²) in [7, 11) is 2.18. The summed E-state index contributed by atoms with van der Waals surface area (Å²) in [6.07, 6.45) is 3.32. The van der Waals surface area contributed by atoms with Crippen LogP contribution in [0.5, 0.6) is 0 Å². The zero-order valence-electron chi connectivity index (χ0n) is 13.8. The van der Waals surface area contributed by atoms with Crippen LogP contribution in [0.4, 0.5) is 5.82 Å². The highest BCUT2D eigenvalue weighted by Crippen LogP contribution is 2.25. The zero-order valence-corrected chi connectivity index (χ0v) is 14.6. The summed E-state index contributed by atoms with van der Waals surface area (Å²) in [5.41, 5.74) is 3.77. The second-order valence-corrected chi connectivity index (χ2v) is 6.20. The van der Waals surface area contributed by atoms with E-state index >= 15 is 0 Å². The third kappa shape index (κ3) is 4.38. The summed E-state index contributed by atoms with van der Waals surface area (Å²) in [5, 5.41) is 3.44. The Morgan fingerprint density at radius 1 is 1.35 bits per heavy atom. The van der Waals surface area contributed by atoms with Crippen molar-refractivity contribution in [2.24, 2.45) is 0 Å². The highest BCUT2D eigenvalue weighted by Gasteiger charge is 2.18. The molecule has 0 bridgehead atoms. The molecular formula is C16H29N3S. The van der Waals surface area contributed by atoms with E-state index in [9.17, 15) is 0 Å². The Kier molecular flexibility index (Phi) is 7.38. The Morgan fingerprint density at radius 3 is 2.60 bits per heavy atom. The molecule has 0 aromatic carbocycles. The van der Waals surface area contributed by atoms with Gasteiger partial charge in [0, 0.05) is 36.6 Å². The first kappa shape index (κ1) is 17.3. The molecule has 0 spiro atoms. The van der Waals surface area contributed by atoms with Crippen LogP contribution in [0.2, 0.25) is 0 Å². The van der Waals surface area contributed by atoms with Gasteiger partial charge in [-0.1, -0.05) is 13.8 Å². The topological polar surface area (TPSA) is 28.2 Å². The molecule has 0 aliphatic rings. The van der Waals surface area contributed by atoms with Gasteiger partial charge in [0.15, 0.2) is 0 Å². The van der Waals surface area contributed by atoms with E-state index in [4.69, 9.17) is 4.98 Å². The van der Waals surface area contributed by atoms with E-state index in [-0.39, 0.29) is 0 Å². The lowest BCUT2D eigenvalue weighted by molar-refractivity contribution is 0.652. The highest BCUT2D eigenvalue weighted by molar-refractivity contribution is 7.98. The van der Waals surface area contributed by atoms with E-state index in [1.54, 1.807) is 0 Å². The van der Waals surface area contributed by atoms with Crippen molar-refractivity contribution in [1.82, 2.24) is 10.3 Å². The lowest BCUT2D eigenvalue weighted by atomic mass is 10.1. The van der Waals surface area contributed by atoms with Crippen molar-refractivity contribution in [2.45, 2.75) is 46.7 Å². The maximum atomic E-state index is 4.81. The van der Waals surface area contributed by atoms with Gasteiger partial charge in [-0.15, -0.1) is 0 Å². The second-order valence-electron chi connectivity index (χ2n) is 5.29. The molecule has 1 aromatic heterocycles.